The van der Waals surface area contributed by atoms with Crippen molar-refractivity contribution in [1.29, 1.82) is 0 Å². The summed E-state index contributed by atoms with van der Waals surface area (Å²) < 4.78 is 44.4. The molecule has 0 bridgehead atoms. The van der Waals surface area contributed by atoms with Crippen LogP contribution in [0.25, 0.3) is 16.9 Å². The highest BCUT2D eigenvalue weighted by Crippen LogP contribution is 2.33. The van der Waals surface area contributed by atoms with Gasteiger partial charge in [-0.15, -0.1) is 0 Å². The molecule has 0 radical (unpaired) electrons. The number of hydrogen-bond acceptors (Lipinski definition) is 4. The van der Waals surface area contributed by atoms with Crippen molar-refractivity contribution < 1.29 is 18.0 Å². The van der Waals surface area contributed by atoms with E-state index in [-0.39, 0.29) is 23.4 Å². The maximum Gasteiger partial charge on any atom is 0.433 e. The lowest BCUT2D eigenvalue weighted by Crippen LogP contribution is -2.26. The first-order valence-electron chi connectivity index (χ1n) is 9.51. The summed E-state index contributed by atoms with van der Waals surface area (Å²) in [5.41, 5.74) is 1.00. The van der Waals surface area contributed by atoms with Crippen LogP contribution in [0.5, 0.6) is 0 Å². The van der Waals surface area contributed by atoms with Gasteiger partial charge in [-0.3, -0.25) is 9.48 Å². The molecule has 0 aliphatic heterocycles. The van der Waals surface area contributed by atoms with Gasteiger partial charge in [0.15, 0.2) is 11.3 Å². The van der Waals surface area contributed by atoms with Crippen LogP contribution in [0, 0.1) is 6.92 Å². The first kappa shape index (κ1) is 22.0. The summed E-state index contributed by atoms with van der Waals surface area (Å²) >= 11 is 3.31. The number of halogens is 4. The van der Waals surface area contributed by atoms with Gasteiger partial charge in [0, 0.05) is 42.4 Å². The molecule has 3 heterocycles. The monoisotopic (exact) mass is 506 g/mol. The molecule has 0 aliphatic carbocycles. The molecule has 4 aromatic rings. The van der Waals surface area contributed by atoms with E-state index in [1.807, 2.05) is 6.92 Å². The maximum absolute atomic E-state index is 13.8. The van der Waals surface area contributed by atoms with Gasteiger partial charge in [-0.1, -0.05) is 28.1 Å². The van der Waals surface area contributed by atoms with Crippen molar-refractivity contribution in [3.8, 4) is 11.3 Å². The van der Waals surface area contributed by atoms with Crippen LogP contribution in [0.4, 0.5) is 13.2 Å². The van der Waals surface area contributed by atoms with Gasteiger partial charge < -0.3 is 4.90 Å². The number of hydrogen-bond donors (Lipinski definition) is 0. The second-order valence-electron chi connectivity index (χ2n) is 7.40. The number of aromatic nitrogens is 5. The number of carbonyl (C=O) groups is 1. The van der Waals surface area contributed by atoms with Crippen LogP contribution in [0.2, 0.25) is 0 Å². The summed E-state index contributed by atoms with van der Waals surface area (Å²) in [6.45, 7) is 2.07. The van der Waals surface area contributed by atoms with Crippen molar-refractivity contribution in [3.63, 3.8) is 0 Å². The molecular formula is C21H18BrF3N6O. The third-order valence-electron chi connectivity index (χ3n) is 5.00. The predicted molar refractivity (Wildman–Crippen MR) is 115 cm³/mol. The smallest absolute Gasteiger partial charge is 0.337 e. The number of aryl methyl sites for hydroxylation is 2. The van der Waals surface area contributed by atoms with Gasteiger partial charge in [0.05, 0.1) is 17.6 Å². The van der Waals surface area contributed by atoms with Gasteiger partial charge in [-0.25, -0.2) is 9.50 Å². The molecule has 32 heavy (non-hydrogen) atoms. The Kier molecular flexibility index (Phi) is 5.53. The zero-order valence-corrected chi connectivity index (χ0v) is 18.9. The van der Waals surface area contributed by atoms with Crippen LogP contribution in [-0.2, 0) is 19.8 Å². The Bertz CT molecular complexity index is 1310. The van der Waals surface area contributed by atoms with Crippen LogP contribution in [0.1, 0.15) is 27.3 Å². The van der Waals surface area contributed by atoms with Crippen molar-refractivity contribution >= 4 is 27.5 Å². The average Bonchev–Trinajstić information content (AvgIpc) is 3.28. The molecule has 166 valence electrons. The Balaban J connectivity index is 1.79. The fourth-order valence-corrected chi connectivity index (χ4v) is 3.69. The topological polar surface area (TPSA) is 68.3 Å². The quantitative estimate of drug-likeness (QED) is 0.408. The molecule has 0 atom stereocenters. The van der Waals surface area contributed by atoms with E-state index in [1.165, 1.54) is 4.90 Å². The number of carbonyl (C=O) groups excluding carboxylic acids is 1. The van der Waals surface area contributed by atoms with Gasteiger partial charge in [0.25, 0.3) is 5.91 Å². The average molecular weight is 507 g/mol. The number of rotatable bonds is 4. The minimum absolute atomic E-state index is 0.0153. The van der Waals surface area contributed by atoms with E-state index in [9.17, 15) is 18.0 Å². The Hall–Kier alpha value is -3.21. The third kappa shape index (κ3) is 4.12. The van der Waals surface area contributed by atoms with E-state index in [2.05, 4.69) is 31.1 Å². The SMILES string of the molecule is Cc1nn(C)cc1CN(C)C(=O)c1cnn2c(C(F)(F)F)cc(-c3ccc(Br)cc3)nc12. The molecule has 0 aliphatic rings. The Labute approximate surface area is 189 Å². The summed E-state index contributed by atoms with van der Waals surface area (Å²) in [5.74, 6) is -0.489. The Morgan fingerprint density at radius 2 is 1.91 bits per heavy atom. The second-order valence-corrected chi connectivity index (χ2v) is 8.32. The Morgan fingerprint density at radius 3 is 2.50 bits per heavy atom. The fourth-order valence-electron chi connectivity index (χ4n) is 3.42. The number of fused-ring (bicyclic) bond motifs is 1. The fraction of sp³-hybridized carbons (Fsp3) is 0.238. The van der Waals surface area contributed by atoms with Gasteiger partial charge in [-0.2, -0.15) is 23.4 Å². The van der Waals surface area contributed by atoms with Gasteiger partial charge >= 0.3 is 6.18 Å². The van der Waals surface area contributed by atoms with Crippen molar-refractivity contribution in [1.82, 2.24) is 29.3 Å². The van der Waals surface area contributed by atoms with E-state index in [0.717, 1.165) is 28.0 Å². The van der Waals surface area contributed by atoms with Crippen molar-refractivity contribution in [2.75, 3.05) is 7.05 Å². The van der Waals surface area contributed by atoms with Gasteiger partial charge in [0.1, 0.15) is 5.56 Å². The number of benzene rings is 1. The molecule has 3 aromatic heterocycles. The molecular weight excluding hydrogens is 489 g/mol. The molecule has 1 amide bonds. The van der Waals surface area contributed by atoms with E-state index in [4.69, 9.17) is 0 Å². The maximum atomic E-state index is 13.8. The molecule has 0 saturated carbocycles. The lowest BCUT2D eigenvalue weighted by atomic mass is 10.1. The largest absolute Gasteiger partial charge is 0.433 e. The van der Waals surface area contributed by atoms with E-state index >= 15 is 0 Å². The molecule has 11 heteroatoms. The first-order chi connectivity index (χ1) is 15.0. The van der Waals surface area contributed by atoms with Crippen LogP contribution in [-0.4, -0.2) is 42.2 Å². The van der Waals surface area contributed by atoms with Gasteiger partial charge in [-0.05, 0) is 25.1 Å². The van der Waals surface area contributed by atoms with Crippen molar-refractivity contribution in [2.45, 2.75) is 19.6 Å². The Morgan fingerprint density at radius 1 is 1.22 bits per heavy atom. The summed E-state index contributed by atoms with van der Waals surface area (Å²) in [5, 5.41) is 8.08. The molecule has 7 nitrogen and oxygen atoms in total. The molecule has 0 saturated heterocycles. The van der Waals surface area contributed by atoms with Crippen LogP contribution >= 0.6 is 15.9 Å². The number of nitrogens with zero attached hydrogens (tertiary/aromatic N) is 6. The predicted octanol–water partition coefficient (Wildman–Crippen LogP) is 4.49. The van der Waals surface area contributed by atoms with E-state index in [0.29, 0.717) is 10.1 Å². The summed E-state index contributed by atoms with van der Waals surface area (Å²) in [6, 6.07) is 7.65. The molecule has 0 fully saturated rings. The number of amides is 1. The minimum atomic E-state index is -4.68. The third-order valence-corrected chi connectivity index (χ3v) is 5.53. The lowest BCUT2D eigenvalue weighted by molar-refractivity contribution is -0.142. The minimum Gasteiger partial charge on any atom is -0.337 e. The normalized spacial score (nSPS) is 11.8. The lowest BCUT2D eigenvalue weighted by Gasteiger charge is -2.16. The summed E-state index contributed by atoms with van der Waals surface area (Å²) in [6.07, 6.45) is -1.77. The van der Waals surface area contributed by atoms with E-state index in [1.54, 1.807) is 49.2 Å². The van der Waals surface area contributed by atoms with Gasteiger partial charge in [0.2, 0.25) is 0 Å². The number of alkyl halides is 3. The van der Waals surface area contributed by atoms with Crippen LogP contribution in [0.15, 0.2) is 47.2 Å². The second kappa shape index (κ2) is 8.05. The highest BCUT2D eigenvalue weighted by molar-refractivity contribution is 9.10. The molecule has 1 aromatic carbocycles. The zero-order valence-electron chi connectivity index (χ0n) is 17.4. The van der Waals surface area contributed by atoms with Crippen LogP contribution in [0.3, 0.4) is 0 Å². The summed E-state index contributed by atoms with van der Waals surface area (Å²) in [4.78, 5) is 18.9. The molecule has 0 N–H and O–H groups in total. The summed E-state index contributed by atoms with van der Waals surface area (Å²) in [7, 11) is 3.34. The zero-order chi connectivity index (χ0) is 23.2. The van der Waals surface area contributed by atoms with E-state index < -0.39 is 17.8 Å². The molecule has 4 rings (SSSR count). The standard InChI is InChI=1S/C21H18BrF3N6O/c1-12-14(11-30(3)28-12)10-29(2)20(32)16-9-26-31-18(21(23,24)25)8-17(27-19(16)31)13-4-6-15(22)7-5-13/h4-9,11H,10H2,1-3H3. The van der Waals surface area contributed by atoms with Crippen molar-refractivity contribution in [3.05, 3.63) is 69.7 Å². The highest BCUT2D eigenvalue weighted by atomic mass is 79.9. The van der Waals surface area contributed by atoms with Crippen molar-refractivity contribution in [2.24, 2.45) is 7.05 Å². The first-order valence-corrected chi connectivity index (χ1v) is 10.3. The molecule has 0 unspecified atom stereocenters. The van der Waals surface area contributed by atoms with Crippen LogP contribution < -0.4 is 0 Å². The molecule has 0 spiro atoms. The highest BCUT2D eigenvalue weighted by Gasteiger charge is 2.36.